The highest BCUT2D eigenvalue weighted by Crippen LogP contribution is 2.24. The van der Waals surface area contributed by atoms with Crippen LogP contribution < -0.4 is 5.32 Å². The second kappa shape index (κ2) is 6.26. The summed E-state index contributed by atoms with van der Waals surface area (Å²) in [6, 6.07) is 9.33. The molecule has 0 aromatic heterocycles. The first-order chi connectivity index (χ1) is 10.2. The van der Waals surface area contributed by atoms with Crippen LogP contribution in [0.15, 0.2) is 30.3 Å². The van der Waals surface area contributed by atoms with E-state index in [4.69, 9.17) is 4.74 Å². The molecule has 0 radical (unpaired) electrons. The van der Waals surface area contributed by atoms with Gasteiger partial charge in [-0.2, -0.15) is 0 Å². The van der Waals surface area contributed by atoms with Crippen LogP contribution in [0.1, 0.15) is 19.3 Å². The van der Waals surface area contributed by atoms with Crippen LogP contribution in [0.25, 0.3) is 0 Å². The van der Waals surface area contributed by atoms with Crippen molar-refractivity contribution in [3.05, 3.63) is 30.3 Å². The van der Waals surface area contributed by atoms with Gasteiger partial charge in [0, 0.05) is 18.7 Å². The van der Waals surface area contributed by atoms with Gasteiger partial charge in [0.25, 0.3) is 0 Å². The summed E-state index contributed by atoms with van der Waals surface area (Å²) in [7, 11) is 0. The van der Waals surface area contributed by atoms with Crippen molar-refractivity contribution < 1.29 is 14.3 Å². The minimum absolute atomic E-state index is 0.0391. The number of cyclic esters (lactones) is 1. The molecule has 2 aliphatic rings. The van der Waals surface area contributed by atoms with E-state index in [0.29, 0.717) is 13.2 Å². The molecule has 1 aromatic rings. The molecule has 1 amide bonds. The van der Waals surface area contributed by atoms with Gasteiger partial charge in [0.15, 0.2) is 0 Å². The standard InChI is InChI=1S/C16H20N2O3/c19-15(17-13-6-2-1-3-7-13)12-5-4-9-18(11-12)14-8-10-21-16(14)20/h1-3,6-7,12,14H,4-5,8-11H2,(H,17,19)/t12-,14-/m0/s1. The van der Waals surface area contributed by atoms with E-state index < -0.39 is 0 Å². The summed E-state index contributed by atoms with van der Waals surface area (Å²) in [5.74, 6) is -0.163. The number of benzene rings is 1. The molecule has 0 bridgehead atoms. The van der Waals surface area contributed by atoms with Crippen LogP contribution in [0.2, 0.25) is 0 Å². The Morgan fingerprint density at radius 3 is 2.76 bits per heavy atom. The van der Waals surface area contributed by atoms with Crippen molar-refractivity contribution in [3.8, 4) is 0 Å². The first kappa shape index (κ1) is 14.1. The summed E-state index contributed by atoms with van der Waals surface area (Å²) in [4.78, 5) is 26.1. The van der Waals surface area contributed by atoms with E-state index in [2.05, 4.69) is 10.2 Å². The number of likely N-dealkylation sites (tertiary alicyclic amines) is 1. The maximum atomic E-state index is 12.4. The fraction of sp³-hybridized carbons (Fsp3) is 0.500. The van der Waals surface area contributed by atoms with Crippen LogP contribution in [0.5, 0.6) is 0 Å². The normalized spacial score (nSPS) is 26.4. The molecule has 2 aliphatic heterocycles. The number of rotatable bonds is 3. The molecule has 112 valence electrons. The highest BCUT2D eigenvalue weighted by Gasteiger charge is 2.36. The molecule has 5 heteroatoms. The van der Waals surface area contributed by atoms with Crippen molar-refractivity contribution in [2.75, 3.05) is 25.0 Å². The van der Waals surface area contributed by atoms with E-state index in [9.17, 15) is 9.59 Å². The Hall–Kier alpha value is -1.88. The minimum Gasteiger partial charge on any atom is -0.464 e. The van der Waals surface area contributed by atoms with Gasteiger partial charge in [-0.1, -0.05) is 18.2 Å². The van der Waals surface area contributed by atoms with E-state index in [-0.39, 0.29) is 23.8 Å². The smallest absolute Gasteiger partial charge is 0.323 e. The summed E-state index contributed by atoms with van der Waals surface area (Å²) in [6.45, 7) is 2.01. The van der Waals surface area contributed by atoms with Crippen LogP contribution in [0.4, 0.5) is 5.69 Å². The second-order valence-electron chi connectivity index (χ2n) is 5.66. The Bertz CT molecular complexity index is 518. The lowest BCUT2D eigenvalue weighted by Crippen LogP contribution is -2.47. The fourth-order valence-electron chi connectivity index (χ4n) is 3.09. The third kappa shape index (κ3) is 3.24. The van der Waals surface area contributed by atoms with Gasteiger partial charge in [-0.05, 0) is 31.5 Å². The average molecular weight is 288 g/mol. The first-order valence-electron chi connectivity index (χ1n) is 7.50. The van der Waals surface area contributed by atoms with Crippen LogP contribution >= 0.6 is 0 Å². The fourth-order valence-corrected chi connectivity index (χ4v) is 3.09. The molecule has 2 saturated heterocycles. The Morgan fingerprint density at radius 2 is 2.05 bits per heavy atom. The van der Waals surface area contributed by atoms with Crippen LogP contribution in [0, 0.1) is 5.92 Å². The van der Waals surface area contributed by atoms with E-state index in [0.717, 1.165) is 31.5 Å². The molecular formula is C16H20N2O3. The van der Waals surface area contributed by atoms with Gasteiger partial charge in [-0.3, -0.25) is 14.5 Å². The number of ether oxygens (including phenoxy) is 1. The summed E-state index contributed by atoms with van der Waals surface area (Å²) < 4.78 is 5.03. The average Bonchev–Trinajstić information content (AvgIpc) is 2.94. The monoisotopic (exact) mass is 288 g/mol. The zero-order chi connectivity index (χ0) is 14.7. The maximum absolute atomic E-state index is 12.4. The number of para-hydroxylation sites is 1. The van der Waals surface area contributed by atoms with Gasteiger partial charge in [0.1, 0.15) is 6.04 Å². The molecule has 1 aromatic carbocycles. The third-order valence-corrected chi connectivity index (χ3v) is 4.21. The number of amides is 1. The number of carbonyl (C=O) groups excluding carboxylic acids is 2. The molecule has 2 fully saturated rings. The highest BCUT2D eigenvalue weighted by molar-refractivity contribution is 5.92. The molecular weight excluding hydrogens is 268 g/mol. The molecule has 2 atom stereocenters. The molecule has 0 spiro atoms. The van der Waals surface area contributed by atoms with Gasteiger partial charge >= 0.3 is 5.97 Å². The van der Waals surface area contributed by atoms with Gasteiger partial charge in [0.05, 0.1) is 12.5 Å². The molecule has 2 heterocycles. The minimum atomic E-state index is -0.155. The van der Waals surface area contributed by atoms with Crippen LogP contribution in [-0.2, 0) is 14.3 Å². The maximum Gasteiger partial charge on any atom is 0.323 e. The number of carbonyl (C=O) groups is 2. The summed E-state index contributed by atoms with van der Waals surface area (Å²) in [5.41, 5.74) is 0.819. The topological polar surface area (TPSA) is 58.6 Å². The number of nitrogens with one attached hydrogen (secondary N) is 1. The highest BCUT2D eigenvalue weighted by atomic mass is 16.5. The Labute approximate surface area is 124 Å². The molecule has 0 saturated carbocycles. The molecule has 1 N–H and O–H groups in total. The molecule has 0 aliphatic carbocycles. The number of hydrogen-bond donors (Lipinski definition) is 1. The first-order valence-corrected chi connectivity index (χ1v) is 7.50. The van der Waals surface area contributed by atoms with Crippen molar-refractivity contribution in [1.29, 1.82) is 0 Å². The van der Waals surface area contributed by atoms with Crippen molar-refractivity contribution in [1.82, 2.24) is 4.90 Å². The number of piperidine rings is 1. The number of esters is 1. The Kier molecular flexibility index (Phi) is 4.20. The molecule has 21 heavy (non-hydrogen) atoms. The summed E-state index contributed by atoms with van der Waals surface area (Å²) in [5, 5.41) is 2.95. The SMILES string of the molecule is O=C(Nc1ccccc1)[C@H]1CCCN([C@H]2CCOC2=O)C1. The third-order valence-electron chi connectivity index (χ3n) is 4.21. The van der Waals surface area contributed by atoms with Crippen LogP contribution in [0.3, 0.4) is 0 Å². The lowest BCUT2D eigenvalue weighted by atomic mass is 9.95. The quantitative estimate of drug-likeness (QED) is 0.859. The lowest BCUT2D eigenvalue weighted by molar-refractivity contribution is -0.143. The Morgan fingerprint density at radius 1 is 1.24 bits per heavy atom. The molecule has 3 rings (SSSR count). The Balaban J connectivity index is 1.60. The lowest BCUT2D eigenvalue weighted by Gasteiger charge is -2.34. The number of hydrogen-bond acceptors (Lipinski definition) is 4. The van der Waals surface area contributed by atoms with E-state index in [1.807, 2.05) is 30.3 Å². The number of nitrogens with zero attached hydrogens (tertiary/aromatic N) is 1. The zero-order valence-electron chi connectivity index (χ0n) is 12.0. The summed E-state index contributed by atoms with van der Waals surface area (Å²) in [6.07, 6.45) is 2.56. The van der Waals surface area contributed by atoms with Gasteiger partial charge < -0.3 is 10.1 Å². The molecule has 0 unspecified atom stereocenters. The van der Waals surface area contributed by atoms with Crippen LogP contribution in [-0.4, -0.2) is 42.5 Å². The van der Waals surface area contributed by atoms with E-state index in [1.165, 1.54) is 0 Å². The second-order valence-corrected chi connectivity index (χ2v) is 5.66. The van der Waals surface area contributed by atoms with Crippen molar-refractivity contribution in [2.45, 2.75) is 25.3 Å². The predicted molar refractivity (Wildman–Crippen MR) is 78.7 cm³/mol. The van der Waals surface area contributed by atoms with Crippen molar-refractivity contribution in [2.24, 2.45) is 5.92 Å². The largest absolute Gasteiger partial charge is 0.464 e. The van der Waals surface area contributed by atoms with E-state index in [1.54, 1.807) is 0 Å². The molecule has 5 nitrogen and oxygen atoms in total. The van der Waals surface area contributed by atoms with Gasteiger partial charge in [-0.15, -0.1) is 0 Å². The number of anilines is 1. The van der Waals surface area contributed by atoms with E-state index >= 15 is 0 Å². The summed E-state index contributed by atoms with van der Waals surface area (Å²) >= 11 is 0. The van der Waals surface area contributed by atoms with Gasteiger partial charge in [-0.25, -0.2) is 0 Å². The van der Waals surface area contributed by atoms with Crippen molar-refractivity contribution in [3.63, 3.8) is 0 Å². The predicted octanol–water partition coefficient (Wildman–Crippen LogP) is 1.65. The van der Waals surface area contributed by atoms with Crippen molar-refractivity contribution >= 4 is 17.6 Å². The van der Waals surface area contributed by atoms with Gasteiger partial charge in [0.2, 0.25) is 5.91 Å². The zero-order valence-corrected chi connectivity index (χ0v) is 12.0.